The van der Waals surface area contributed by atoms with E-state index in [-0.39, 0.29) is 10.8 Å². The summed E-state index contributed by atoms with van der Waals surface area (Å²) < 4.78 is 13.3. The zero-order valence-electron chi connectivity index (χ0n) is 9.17. The molecule has 0 aliphatic carbocycles. The molecule has 0 spiro atoms. The molecule has 2 rings (SSSR count). The van der Waals surface area contributed by atoms with Crippen molar-refractivity contribution in [3.63, 3.8) is 0 Å². The second kappa shape index (κ2) is 5.39. The summed E-state index contributed by atoms with van der Waals surface area (Å²) in [6.07, 6.45) is 0.856. The van der Waals surface area contributed by atoms with Crippen molar-refractivity contribution >= 4 is 23.4 Å². The molecule has 0 saturated carbocycles. The van der Waals surface area contributed by atoms with E-state index in [2.05, 4.69) is 5.32 Å². The van der Waals surface area contributed by atoms with Crippen LogP contribution in [0.15, 0.2) is 18.2 Å². The molecule has 1 aromatic rings. The molecule has 2 atom stereocenters. The smallest absolute Gasteiger partial charge is 0.142 e. The second-order valence-corrected chi connectivity index (χ2v) is 5.56. The third-order valence-electron chi connectivity index (χ3n) is 3.08. The highest BCUT2D eigenvalue weighted by Crippen LogP contribution is 2.30. The van der Waals surface area contributed by atoms with E-state index in [1.54, 1.807) is 6.07 Å². The summed E-state index contributed by atoms with van der Waals surface area (Å²) in [5, 5.41) is 3.60. The fourth-order valence-electron chi connectivity index (χ4n) is 2.11. The molecule has 1 aliphatic rings. The van der Waals surface area contributed by atoms with Gasteiger partial charge in [0.25, 0.3) is 0 Å². The Morgan fingerprint density at radius 1 is 1.50 bits per heavy atom. The number of nitrogens with one attached hydrogen (secondary N) is 1. The molecule has 1 nitrogen and oxygen atoms in total. The highest BCUT2D eigenvalue weighted by Gasteiger charge is 2.27. The Morgan fingerprint density at radius 3 is 3.06 bits per heavy atom. The number of hydrogen-bond acceptors (Lipinski definition) is 2. The Morgan fingerprint density at radius 2 is 2.31 bits per heavy atom. The Kier molecular flexibility index (Phi) is 4.11. The molecule has 1 fully saturated rings. The molecule has 4 heteroatoms. The van der Waals surface area contributed by atoms with Gasteiger partial charge in [0.15, 0.2) is 0 Å². The van der Waals surface area contributed by atoms with Gasteiger partial charge in [0.05, 0.1) is 5.02 Å². The molecular weight excluding hydrogens is 245 g/mol. The zero-order chi connectivity index (χ0) is 11.5. The van der Waals surface area contributed by atoms with Crippen LogP contribution >= 0.6 is 23.4 Å². The van der Waals surface area contributed by atoms with Gasteiger partial charge in [-0.3, -0.25) is 0 Å². The van der Waals surface area contributed by atoms with Crippen LogP contribution in [0.1, 0.15) is 5.56 Å². The van der Waals surface area contributed by atoms with Crippen molar-refractivity contribution < 1.29 is 4.39 Å². The summed E-state index contributed by atoms with van der Waals surface area (Å²) in [5.41, 5.74) is 0.925. The van der Waals surface area contributed by atoms with Gasteiger partial charge in [-0.15, -0.1) is 0 Å². The molecular formula is C12H15ClFNS. The Bertz CT molecular complexity index is 372. The van der Waals surface area contributed by atoms with Crippen LogP contribution in [0.2, 0.25) is 5.02 Å². The van der Waals surface area contributed by atoms with E-state index >= 15 is 0 Å². The molecule has 0 aromatic heterocycles. The molecule has 0 amide bonds. The molecule has 1 heterocycles. The maximum atomic E-state index is 13.3. The largest absolute Gasteiger partial charge is 0.316 e. The van der Waals surface area contributed by atoms with Crippen molar-refractivity contribution in [2.24, 2.45) is 5.92 Å². The van der Waals surface area contributed by atoms with Crippen molar-refractivity contribution in [3.8, 4) is 0 Å². The van der Waals surface area contributed by atoms with Crippen LogP contribution in [0.25, 0.3) is 0 Å². The lowest BCUT2D eigenvalue weighted by Crippen LogP contribution is -2.33. The van der Waals surface area contributed by atoms with E-state index in [1.165, 1.54) is 6.07 Å². The molecule has 88 valence electrons. The van der Waals surface area contributed by atoms with Crippen LogP contribution in [0.5, 0.6) is 0 Å². The molecule has 1 saturated heterocycles. The molecule has 0 radical (unpaired) electrons. The van der Waals surface area contributed by atoms with Gasteiger partial charge >= 0.3 is 0 Å². The Balaban J connectivity index is 2.11. The predicted octanol–water partition coefficient (Wildman–Crippen LogP) is 2.97. The average molecular weight is 260 g/mol. The zero-order valence-corrected chi connectivity index (χ0v) is 10.7. The molecule has 2 unspecified atom stereocenters. The molecule has 1 N–H and O–H groups in total. The summed E-state index contributed by atoms with van der Waals surface area (Å²) in [6.45, 7) is 0. The fraction of sp³-hybridized carbons (Fsp3) is 0.500. The first-order chi connectivity index (χ1) is 7.72. The molecule has 16 heavy (non-hydrogen) atoms. The lowest BCUT2D eigenvalue weighted by atomic mass is 9.95. The molecule has 1 aromatic carbocycles. The first-order valence-corrected chi connectivity index (χ1v) is 6.93. The van der Waals surface area contributed by atoms with Gasteiger partial charge in [0.2, 0.25) is 0 Å². The average Bonchev–Trinajstić information content (AvgIpc) is 2.72. The van der Waals surface area contributed by atoms with Crippen LogP contribution in [-0.4, -0.2) is 24.6 Å². The SMILES string of the molecule is CNC1CSCC1Cc1cccc(F)c1Cl. The molecule has 0 bridgehead atoms. The lowest BCUT2D eigenvalue weighted by molar-refractivity contribution is 0.452. The maximum absolute atomic E-state index is 13.3. The summed E-state index contributed by atoms with van der Waals surface area (Å²) in [6, 6.07) is 5.57. The number of benzene rings is 1. The van der Waals surface area contributed by atoms with E-state index in [0.29, 0.717) is 12.0 Å². The van der Waals surface area contributed by atoms with Crippen LogP contribution in [0.3, 0.4) is 0 Å². The first kappa shape index (κ1) is 12.2. The second-order valence-electron chi connectivity index (χ2n) is 4.11. The number of rotatable bonds is 3. The minimum atomic E-state index is -0.314. The summed E-state index contributed by atoms with van der Waals surface area (Å²) in [4.78, 5) is 0. The Hall–Kier alpha value is -0.250. The van der Waals surface area contributed by atoms with E-state index in [1.807, 2.05) is 24.9 Å². The van der Waals surface area contributed by atoms with Crippen LogP contribution in [0.4, 0.5) is 4.39 Å². The van der Waals surface area contributed by atoms with Crippen LogP contribution in [-0.2, 0) is 6.42 Å². The third-order valence-corrected chi connectivity index (χ3v) is 4.76. The van der Waals surface area contributed by atoms with E-state index in [9.17, 15) is 4.39 Å². The van der Waals surface area contributed by atoms with Crippen molar-refractivity contribution in [2.45, 2.75) is 12.5 Å². The highest BCUT2D eigenvalue weighted by atomic mass is 35.5. The highest BCUT2D eigenvalue weighted by molar-refractivity contribution is 7.99. The van der Waals surface area contributed by atoms with Gasteiger partial charge in [0, 0.05) is 11.8 Å². The minimum absolute atomic E-state index is 0.286. The van der Waals surface area contributed by atoms with Crippen molar-refractivity contribution in [1.82, 2.24) is 5.32 Å². The standard InChI is InChI=1S/C12H15ClFNS/c1-15-11-7-16-6-9(11)5-8-3-2-4-10(14)12(8)13/h2-4,9,11,15H,5-7H2,1H3. The quantitative estimate of drug-likeness (QED) is 0.896. The van der Waals surface area contributed by atoms with Crippen molar-refractivity contribution in [1.29, 1.82) is 0 Å². The number of hydrogen-bond donors (Lipinski definition) is 1. The molecule has 1 aliphatic heterocycles. The summed E-state index contributed by atoms with van der Waals surface area (Å²) in [7, 11) is 1.98. The van der Waals surface area contributed by atoms with Gasteiger partial charge in [0.1, 0.15) is 5.82 Å². The predicted molar refractivity (Wildman–Crippen MR) is 68.8 cm³/mol. The van der Waals surface area contributed by atoms with Crippen molar-refractivity contribution in [3.05, 3.63) is 34.6 Å². The van der Waals surface area contributed by atoms with E-state index in [4.69, 9.17) is 11.6 Å². The normalized spacial score (nSPS) is 24.9. The lowest BCUT2D eigenvalue weighted by Gasteiger charge is -2.18. The minimum Gasteiger partial charge on any atom is -0.316 e. The fourth-order valence-corrected chi connectivity index (χ4v) is 3.79. The van der Waals surface area contributed by atoms with Gasteiger partial charge in [-0.2, -0.15) is 11.8 Å². The van der Waals surface area contributed by atoms with Crippen molar-refractivity contribution in [2.75, 3.05) is 18.6 Å². The van der Waals surface area contributed by atoms with Gasteiger partial charge < -0.3 is 5.32 Å². The van der Waals surface area contributed by atoms with Crippen LogP contribution in [0, 0.1) is 11.7 Å². The summed E-state index contributed by atoms with van der Waals surface area (Å²) >= 11 is 7.91. The Labute approximate surface area is 105 Å². The topological polar surface area (TPSA) is 12.0 Å². The van der Waals surface area contributed by atoms with Gasteiger partial charge in [-0.1, -0.05) is 23.7 Å². The van der Waals surface area contributed by atoms with E-state index < -0.39 is 0 Å². The number of thioether (sulfide) groups is 1. The van der Waals surface area contributed by atoms with Crippen LogP contribution < -0.4 is 5.32 Å². The van der Waals surface area contributed by atoms with E-state index in [0.717, 1.165) is 23.5 Å². The summed E-state index contributed by atoms with van der Waals surface area (Å²) in [5.74, 6) is 2.49. The van der Waals surface area contributed by atoms with Gasteiger partial charge in [-0.05, 0) is 36.8 Å². The first-order valence-electron chi connectivity index (χ1n) is 5.40. The maximum Gasteiger partial charge on any atom is 0.142 e. The third kappa shape index (κ3) is 2.53. The monoisotopic (exact) mass is 259 g/mol. The van der Waals surface area contributed by atoms with Gasteiger partial charge in [-0.25, -0.2) is 4.39 Å². The number of halogens is 2.